The lowest BCUT2D eigenvalue weighted by Gasteiger charge is -2.36. The first-order chi connectivity index (χ1) is 11.8. The van der Waals surface area contributed by atoms with E-state index in [1.54, 1.807) is 0 Å². The fraction of sp³-hybridized carbons (Fsp3) is 0.909. The summed E-state index contributed by atoms with van der Waals surface area (Å²) in [5.74, 6) is 5.19. The van der Waals surface area contributed by atoms with Gasteiger partial charge in [0.2, 0.25) is 0 Å². The zero-order valence-electron chi connectivity index (χ0n) is 20.5. The summed E-state index contributed by atoms with van der Waals surface area (Å²) in [6, 6.07) is 0. The predicted octanol–water partition coefficient (Wildman–Crippen LogP) is 6.77. The van der Waals surface area contributed by atoms with Gasteiger partial charge in [-0.2, -0.15) is 0 Å². The number of hydrogen-bond donors (Lipinski definition) is 0. The summed E-state index contributed by atoms with van der Waals surface area (Å²) in [6.07, 6.45) is 0. The van der Waals surface area contributed by atoms with Gasteiger partial charge < -0.3 is 8.85 Å². The molecule has 0 aliphatic heterocycles. The fourth-order valence-corrected chi connectivity index (χ4v) is 5.14. The van der Waals surface area contributed by atoms with E-state index in [1.807, 2.05) is 0 Å². The highest BCUT2D eigenvalue weighted by atomic mass is 28.4. The van der Waals surface area contributed by atoms with Gasteiger partial charge in [0, 0.05) is 31.0 Å². The molecule has 2 unspecified atom stereocenters. The summed E-state index contributed by atoms with van der Waals surface area (Å²) in [4.78, 5) is 0. The summed E-state index contributed by atoms with van der Waals surface area (Å²) in [5, 5.41) is 0.517. The Morgan fingerprint density at radius 2 is 1.00 bits per heavy atom. The summed E-state index contributed by atoms with van der Waals surface area (Å²) < 4.78 is 13.1. The molecule has 0 N–H and O–H groups in total. The Bertz CT molecular complexity index is 530. The van der Waals surface area contributed by atoms with Crippen molar-refractivity contribution in [2.75, 3.05) is 13.2 Å². The maximum atomic E-state index is 6.55. The van der Waals surface area contributed by atoms with Crippen molar-refractivity contribution < 1.29 is 8.85 Å². The average molecular weight is 427 g/mol. The normalized spacial score (nSPS) is 24.4. The number of rotatable bonds is 6. The third-order valence-electron chi connectivity index (χ3n) is 6.83. The lowest BCUT2D eigenvalue weighted by Crippen LogP contribution is -2.42. The minimum atomic E-state index is -1.71. The smallest absolute Gasteiger partial charge is 0.191 e. The van der Waals surface area contributed by atoms with Gasteiger partial charge in [-0.15, -0.1) is 11.5 Å². The van der Waals surface area contributed by atoms with Gasteiger partial charge in [0.05, 0.1) is 0 Å². The Balaban J connectivity index is 2.81. The maximum Gasteiger partial charge on any atom is 0.191 e. The molecule has 2 atom stereocenters. The highest BCUT2D eigenvalue weighted by Crippen LogP contribution is 2.49. The van der Waals surface area contributed by atoms with Crippen molar-refractivity contribution in [3.8, 4) is 11.5 Å². The first-order valence-electron chi connectivity index (χ1n) is 10.6. The Morgan fingerprint density at radius 3 is 1.26 bits per heavy atom. The third kappa shape index (κ3) is 7.15. The van der Waals surface area contributed by atoms with Crippen LogP contribution in [0.5, 0.6) is 0 Å². The van der Waals surface area contributed by atoms with Crippen LogP contribution in [0.2, 0.25) is 55.9 Å². The maximum absolute atomic E-state index is 6.55. The molecule has 0 aromatic rings. The molecule has 158 valence electrons. The lowest BCUT2D eigenvalue weighted by atomic mass is 10.2. The molecule has 0 heterocycles. The van der Waals surface area contributed by atoms with Crippen LogP contribution >= 0.6 is 0 Å². The minimum Gasteiger partial charge on any atom is -0.416 e. The van der Waals surface area contributed by atoms with Gasteiger partial charge in [-0.25, -0.2) is 0 Å². The van der Waals surface area contributed by atoms with Crippen molar-refractivity contribution in [2.45, 2.75) is 97.4 Å². The van der Waals surface area contributed by atoms with Crippen LogP contribution in [0.4, 0.5) is 0 Å². The predicted molar refractivity (Wildman–Crippen MR) is 128 cm³/mol. The van der Waals surface area contributed by atoms with E-state index in [9.17, 15) is 0 Å². The zero-order valence-corrected chi connectivity index (χ0v) is 23.5. The van der Waals surface area contributed by atoms with Crippen molar-refractivity contribution in [2.24, 2.45) is 17.8 Å². The molecule has 0 amide bonds. The van der Waals surface area contributed by atoms with Crippen LogP contribution in [0, 0.1) is 29.2 Å². The molecule has 0 saturated heterocycles. The van der Waals surface area contributed by atoms with Crippen LogP contribution in [0.25, 0.3) is 0 Å². The molecule has 27 heavy (non-hydrogen) atoms. The van der Waals surface area contributed by atoms with Crippen LogP contribution in [-0.2, 0) is 8.85 Å². The molecule has 0 radical (unpaired) electrons. The van der Waals surface area contributed by atoms with Crippen LogP contribution in [0.15, 0.2) is 0 Å². The molecule has 1 aliphatic carbocycles. The standard InChI is InChI=1S/C22H46O2Si3/c1-21(2,3)26(10,11)23-16-19-18(14-15-25(7,8)9)20(19)17-24-27(12,13)22(4,5)6/h18-20H,16-17H2,1-13H3. The van der Waals surface area contributed by atoms with E-state index < -0.39 is 24.7 Å². The van der Waals surface area contributed by atoms with E-state index in [0.717, 1.165) is 13.2 Å². The molecule has 1 aliphatic rings. The van der Waals surface area contributed by atoms with Gasteiger partial charge in [-0.05, 0) is 36.3 Å². The second kappa shape index (κ2) is 8.10. The first kappa shape index (κ1) is 25.2. The van der Waals surface area contributed by atoms with Crippen LogP contribution in [-0.4, -0.2) is 37.9 Å². The van der Waals surface area contributed by atoms with E-state index in [4.69, 9.17) is 8.85 Å². The molecular weight excluding hydrogens is 380 g/mol. The van der Waals surface area contributed by atoms with Gasteiger partial charge in [0.15, 0.2) is 16.6 Å². The van der Waals surface area contributed by atoms with Crippen LogP contribution < -0.4 is 0 Å². The average Bonchev–Trinajstić information content (AvgIpc) is 3.09. The first-order valence-corrected chi connectivity index (χ1v) is 19.9. The van der Waals surface area contributed by atoms with Crippen LogP contribution in [0.1, 0.15) is 41.5 Å². The zero-order chi connectivity index (χ0) is 21.5. The van der Waals surface area contributed by atoms with Crippen molar-refractivity contribution >= 4 is 24.7 Å². The Morgan fingerprint density at radius 1 is 0.667 bits per heavy atom. The van der Waals surface area contributed by atoms with Gasteiger partial charge in [0.1, 0.15) is 8.07 Å². The molecule has 0 aromatic heterocycles. The van der Waals surface area contributed by atoms with Gasteiger partial charge in [0.25, 0.3) is 0 Å². The lowest BCUT2D eigenvalue weighted by molar-refractivity contribution is 0.233. The fourth-order valence-electron chi connectivity index (χ4n) is 2.46. The summed E-state index contributed by atoms with van der Waals surface area (Å²) in [7, 11) is -4.76. The van der Waals surface area contributed by atoms with E-state index in [0.29, 0.717) is 17.8 Å². The van der Waals surface area contributed by atoms with Crippen molar-refractivity contribution in [1.29, 1.82) is 0 Å². The summed E-state index contributed by atoms with van der Waals surface area (Å²) in [6.45, 7) is 31.9. The molecular formula is C22H46O2Si3. The van der Waals surface area contributed by atoms with Gasteiger partial charge in [-0.3, -0.25) is 0 Å². The van der Waals surface area contributed by atoms with Crippen molar-refractivity contribution in [1.82, 2.24) is 0 Å². The molecule has 0 aromatic carbocycles. The molecule has 1 rings (SSSR count). The third-order valence-corrected chi connectivity index (χ3v) is 16.7. The van der Waals surface area contributed by atoms with Crippen molar-refractivity contribution in [3.63, 3.8) is 0 Å². The van der Waals surface area contributed by atoms with E-state index in [-0.39, 0.29) is 10.1 Å². The topological polar surface area (TPSA) is 18.5 Å². The Hall–Kier alpha value is 0.131. The summed E-state index contributed by atoms with van der Waals surface area (Å²) >= 11 is 0. The molecule has 1 saturated carbocycles. The largest absolute Gasteiger partial charge is 0.416 e. The highest BCUT2D eigenvalue weighted by Gasteiger charge is 2.52. The molecule has 5 heteroatoms. The summed E-state index contributed by atoms with van der Waals surface area (Å²) in [5.41, 5.74) is 3.60. The van der Waals surface area contributed by atoms with Crippen LogP contribution in [0.3, 0.4) is 0 Å². The molecule has 1 fully saturated rings. The molecule has 2 nitrogen and oxygen atoms in total. The minimum absolute atomic E-state index is 0.258. The Kier molecular flexibility index (Phi) is 7.55. The number of hydrogen-bond acceptors (Lipinski definition) is 2. The van der Waals surface area contributed by atoms with Gasteiger partial charge in [-0.1, -0.05) is 61.2 Å². The second-order valence-corrected chi connectivity index (χ2v) is 26.9. The SMILES string of the molecule is CC(C)(C)[Si](C)(C)OCC1C(C#C[Si](C)(C)C)C1CO[Si](C)(C)C(C)(C)C. The highest BCUT2D eigenvalue weighted by molar-refractivity contribution is 6.83. The Labute approximate surface area is 173 Å². The van der Waals surface area contributed by atoms with E-state index in [1.165, 1.54) is 0 Å². The van der Waals surface area contributed by atoms with Crippen molar-refractivity contribution in [3.05, 3.63) is 0 Å². The molecule has 0 spiro atoms. The van der Waals surface area contributed by atoms with E-state index >= 15 is 0 Å². The quantitative estimate of drug-likeness (QED) is 0.344. The second-order valence-electron chi connectivity index (χ2n) is 12.5. The van der Waals surface area contributed by atoms with Gasteiger partial charge >= 0.3 is 0 Å². The molecule has 0 bridgehead atoms. The monoisotopic (exact) mass is 426 g/mol. The van der Waals surface area contributed by atoms with E-state index in [2.05, 4.69) is 98.8 Å².